The van der Waals surface area contributed by atoms with Crippen molar-refractivity contribution < 1.29 is 14.3 Å². The first-order valence-corrected chi connectivity index (χ1v) is 13.2. The lowest BCUT2D eigenvalue weighted by Crippen LogP contribution is -2.44. The number of halogens is 1. The standard InChI is InChI=1S/C15H15N3O2.C14H13N3O2.BrH/c1-18-10-8-16-9-4-5-11(20-2)17-13(9)12(10)15(14(18)19)6-3-7-15;1-17-9-7-15-8-3-4-10(18)16-12(8)11(9)14(13(17)19)5-2-6-14;/h4-5,8H,3,6-7H2,1-2H3;3-4,7H,2,5-6H2,1H3,(H,16,18);1H. The summed E-state index contributed by atoms with van der Waals surface area (Å²) in [6.07, 6.45) is 9.20. The van der Waals surface area contributed by atoms with E-state index in [1.807, 2.05) is 13.1 Å². The van der Waals surface area contributed by atoms with Gasteiger partial charge in [-0.2, -0.15) is 0 Å². The number of hydrogen-bond donors (Lipinski definition) is 1. The molecule has 4 aromatic rings. The van der Waals surface area contributed by atoms with Gasteiger partial charge in [-0.3, -0.25) is 24.4 Å². The molecule has 0 radical (unpaired) electrons. The minimum Gasteiger partial charge on any atom is -0.481 e. The van der Waals surface area contributed by atoms with Crippen molar-refractivity contribution in [2.24, 2.45) is 0 Å². The van der Waals surface area contributed by atoms with Crippen LogP contribution in [-0.4, -0.2) is 53.0 Å². The van der Waals surface area contributed by atoms with E-state index in [2.05, 4.69) is 19.9 Å². The molecule has 0 saturated heterocycles. The zero-order chi connectivity index (χ0) is 27.1. The lowest BCUT2D eigenvalue weighted by atomic mass is 9.65. The van der Waals surface area contributed by atoms with Crippen LogP contribution in [0.25, 0.3) is 22.1 Å². The number of anilines is 2. The summed E-state index contributed by atoms with van der Waals surface area (Å²) >= 11 is 0. The summed E-state index contributed by atoms with van der Waals surface area (Å²) in [6.45, 7) is 0. The predicted molar refractivity (Wildman–Crippen MR) is 157 cm³/mol. The molecule has 10 nitrogen and oxygen atoms in total. The normalized spacial score (nSPS) is 19.1. The third kappa shape index (κ3) is 3.33. The summed E-state index contributed by atoms with van der Waals surface area (Å²) in [5, 5.41) is 0. The van der Waals surface area contributed by atoms with Crippen LogP contribution in [0.2, 0.25) is 0 Å². The first kappa shape index (κ1) is 26.4. The number of methoxy groups -OCH3 is 1. The van der Waals surface area contributed by atoms with Crippen molar-refractivity contribution in [1.82, 2.24) is 19.9 Å². The molecule has 1 N–H and O–H groups in total. The van der Waals surface area contributed by atoms with Crippen LogP contribution in [0.4, 0.5) is 11.4 Å². The molecule has 2 aliphatic heterocycles. The molecule has 11 heteroatoms. The summed E-state index contributed by atoms with van der Waals surface area (Å²) in [4.78, 5) is 56.3. The molecule has 0 bridgehead atoms. The highest BCUT2D eigenvalue weighted by Gasteiger charge is 2.56. The molecule has 8 rings (SSSR count). The number of ether oxygens (including phenoxy) is 1. The van der Waals surface area contributed by atoms with E-state index in [1.54, 1.807) is 48.5 Å². The fraction of sp³-hybridized carbons (Fsp3) is 0.379. The highest BCUT2D eigenvalue weighted by molar-refractivity contribution is 8.93. The van der Waals surface area contributed by atoms with Crippen LogP contribution in [0.3, 0.4) is 0 Å². The van der Waals surface area contributed by atoms with Crippen LogP contribution in [0.1, 0.15) is 49.7 Å². The number of nitrogens with one attached hydrogen (secondary N) is 1. The average Bonchev–Trinajstić information content (AvgIpc) is 3.29. The lowest BCUT2D eigenvalue weighted by molar-refractivity contribution is -0.126. The molecule has 0 atom stereocenters. The zero-order valence-corrected chi connectivity index (χ0v) is 24.2. The number of carbonyl (C=O) groups excluding carboxylic acids is 2. The van der Waals surface area contributed by atoms with Crippen molar-refractivity contribution in [2.75, 3.05) is 31.0 Å². The third-order valence-electron chi connectivity index (χ3n) is 9.13. The van der Waals surface area contributed by atoms with Crippen molar-refractivity contribution in [3.05, 3.63) is 58.1 Å². The van der Waals surface area contributed by atoms with Gasteiger partial charge in [-0.05, 0) is 37.8 Å². The van der Waals surface area contributed by atoms with E-state index in [-0.39, 0.29) is 39.8 Å². The maximum Gasteiger partial charge on any atom is 0.248 e. The van der Waals surface area contributed by atoms with Gasteiger partial charge < -0.3 is 19.5 Å². The monoisotopic (exact) mass is 604 g/mol. The molecule has 40 heavy (non-hydrogen) atoms. The van der Waals surface area contributed by atoms with Crippen LogP contribution in [0, 0.1) is 0 Å². The van der Waals surface area contributed by atoms with Gasteiger partial charge in [0.15, 0.2) is 0 Å². The number of aromatic nitrogens is 4. The van der Waals surface area contributed by atoms with Crippen molar-refractivity contribution in [3.63, 3.8) is 0 Å². The van der Waals surface area contributed by atoms with Crippen molar-refractivity contribution in [2.45, 2.75) is 49.4 Å². The van der Waals surface area contributed by atoms with Crippen LogP contribution in [0.5, 0.6) is 5.88 Å². The summed E-state index contributed by atoms with van der Waals surface area (Å²) in [5.41, 5.74) is 5.88. The number of hydrogen-bond acceptors (Lipinski definition) is 7. The molecule has 2 aliphatic carbocycles. The number of rotatable bonds is 1. The summed E-state index contributed by atoms with van der Waals surface area (Å²) in [6, 6.07) is 6.88. The first-order chi connectivity index (χ1) is 18.8. The molecule has 206 valence electrons. The fourth-order valence-electron chi connectivity index (χ4n) is 6.77. The molecule has 2 saturated carbocycles. The molecule has 6 heterocycles. The lowest BCUT2D eigenvalue weighted by Gasteiger charge is -2.36. The van der Waals surface area contributed by atoms with Gasteiger partial charge >= 0.3 is 0 Å². The van der Waals surface area contributed by atoms with Gasteiger partial charge in [0.25, 0.3) is 0 Å². The Morgan fingerprint density at radius 2 is 1.35 bits per heavy atom. The van der Waals surface area contributed by atoms with Gasteiger partial charge in [0.05, 0.1) is 63.8 Å². The van der Waals surface area contributed by atoms with Crippen molar-refractivity contribution >= 4 is 62.2 Å². The van der Waals surface area contributed by atoms with E-state index >= 15 is 0 Å². The second kappa shape index (κ2) is 9.09. The zero-order valence-electron chi connectivity index (χ0n) is 22.5. The van der Waals surface area contributed by atoms with Crippen LogP contribution < -0.4 is 20.1 Å². The third-order valence-corrected chi connectivity index (χ3v) is 9.13. The predicted octanol–water partition coefficient (Wildman–Crippen LogP) is 3.94. The fourth-order valence-corrected chi connectivity index (χ4v) is 6.77. The molecule has 2 amide bonds. The molecule has 0 aromatic carbocycles. The van der Waals surface area contributed by atoms with Gasteiger partial charge in [0.1, 0.15) is 0 Å². The van der Waals surface area contributed by atoms with Crippen LogP contribution in [-0.2, 0) is 20.4 Å². The topological polar surface area (TPSA) is 121 Å². The Bertz CT molecular complexity index is 1780. The van der Waals surface area contributed by atoms with E-state index in [0.717, 1.165) is 83.1 Å². The Morgan fingerprint density at radius 3 is 1.93 bits per heavy atom. The van der Waals surface area contributed by atoms with Crippen LogP contribution in [0.15, 0.2) is 41.5 Å². The molecule has 4 aromatic heterocycles. The number of H-pyrrole nitrogens is 1. The number of nitrogens with zero attached hydrogens (tertiary/aromatic N) is 5. The van der Waals surface area contributed by atoms with Gasteiger partial charge in [-0.25, -0.2) is 4.98 Å². The number of pyridine rings is 4. The Morgan fingerprint density at radius 1 is 0.800 bits per heavy atom. The Balaban J connectivity index is 0.000000141. The Hall–Kier alpha value is -3.86. The number of carbonyl (C=O) groups is 2. The van der Waals surface area contributed by atoms with Crippen molar-refractivity contribution in [3.8, 4) is 5.88 Å². The van der Waals surface area contributed by atoms with Crippen molar-refractivity contribution in [1.29, 1.82) is 0 Å². The van der Waals surface area contributed by atoms with Gasteiger partial charge in [0, 0.05) is 37.4 Å². The number of likely N-dealkylation sites (N-methyl/N-ethyl adjacent to an activating group) is 2. The summed E-state index contributed by atoms with van der Waals surface area (Å²) < 4.78 is 5.22. The maximum atomic E-state index is 12.6. The first-order valence-electron chi connectivity index (χ1n) is 13.2. The molecular formula is C29H29BrN6O4. The van der Waals surface area contributed by atoms with E-state index in [4.69, 9.17) is 4.74 Å². The Kier molecular flexibility index (Phi) is 5.99. The number of fused-ring (bicyclic) bond motifs is 8. The number of aromatic amines is 1. The highest BCUT2D eigenvalue weighted by atomic mass is 79.9. The molecule has 2 fully saturated rings. The molecule has 0 unspecified atom stereocenters. The second-order valence-corrected chi connectivity index (χ2v) is 10.9. The van der Waals surface area contributed by atoms with E-state index in [9.17, 15) is 14.4 Å². The van der Waals surface area contributed by atoms with Crippen LogP contribution >= 0.6 is 17.0 Å². The van der Waals surface area contributed by atoms with Gasteiger partial charge in [-0.1, -0.05) is 12.8 Å². The smallest absolute Gasteiger partial charge is 0.248 e. The molecular weight excluding hydrogens is 576 g/mol. The maximum absolute atomic E-state index is 12.6. The van der Waals surface area contributed by atoms with E-state index in [0.29, 0.717) is 5.88 Å². The minimum atomic E-state index is -0.421. The van der Waals surface area contributed by atoms with E-state index in [1.165, 1.54) is 6.07 Å². The number of amides is 2. The summed E-state index contributed by atoms with van der Waals surface area (Å²) in [7, 11) is 5.20. The Labute approximate surface area is 240 Å². The van der Waals surface area contributed by atoms with E-state index < -0.39 is 5.41 Å². The minimum absolute atomic E-state index is 0. The second-order valence-electron chi connectivity index (χ2n) is 10.9. The largest absolute Gasteiger partial charge is 0.481 e. The summed E-state index contributed by atoms with van der Waals surface area (Å²) in [5.74, 6) is 0.870. The van der Waals surface area contributed by atoms with Gasteiger partial charge in [-0.15, -0.1) is 17.0 Å². The molecule has 2 spiro atoms. The SMILES string of the molecule is Br.CN1C(=O)C2(CCC2)c2c1cnc1ccc(=O)[nH]c21.COc1ccc2ncc3c(c2n1)C1(CCC1)C(=O)N3C. The molecule has 4 aliphatic rings. The van der Waals surface area contributed by atoms with Gasteiger partial charge in [0.2, 0.25) is 23.3 Å². The highest BCUT2D eigenvalue weighted by Crippen LogP contribution is 2.55. The quantitative estimate of drug-likeness (QED) is 0.349. The average molecular weight is 605 g/mol.